The van der Waals surface area contributed by atoms with Crippen LogP contribution in [-0.4, -0.2) is 59.0 Å². The van der Waals surface area contributed by atoms with Crippen molar-refractivity contribution in [2.24, 2.45) is 0 Å². The van der Waals surface area contributed by atoms with E-state index in [-0.39, 0.29) is 24.0 Å². The number of nitrogens with one attached hydrogen (secondary N) is 1. The van der Waals surface area contributed by atoms with E-state index in [2.05, 4.69) is 5.32 Å². The Labute approximate surface area is 212 Å². The monoisotopic (exact) mass is 511 g/mol. The van der Waals surface area contributed by atoms with Gasteiger partial charge in [-0.15, -0.1) is 0 Å². The molecule has 2 heterocycles. The van der Waals surface area contributed by atoms with Crippen LogP contribution >= 0.6 is 11.8 Å². The van der Waals surface area contributed by atoms with Crippen molar-refractivity contribution in [1.29, 1.82) is 0 Å². The van der Waals surface area contributed by atoms with Crippen molar-refractivity contribution in [2.45, 2.75) is 25.7 Å². The topological polar surface area (TPSA) is 96.0 Å². The Morgan fingerprint density at radius 3 is 2.31 bits per heavy atom. The summed E-state index contributed by atoms with van der Waals surface area (Å²) in [6.45, 7) is 0.843. The van der Waals surface area contributed by atoms with Crippen molar-refractivity contribution in [3.63, 3.8) is 0 Å². The molecule has 2 fully saturated rings. The molecule has 2 aliphatic heterocycles. The molecule has 4 amide bonds. The van der Waals surface area contributed by atoms with E-state index in [1.807, 2.05) is 0 Å². The second-order valence-electron chi connectivity index (χ2n) is 8.48. The molecule has 0 aromatic heterocycles. The van der Waals surface area contributed by atoms with Crippen LogP contribution in [0.15, 0.2) is 53.4 Å². The van der Waals surface area contributed by atoms with Gasteiger partial charge in [0.2, 0.25) is 5.91 Å². The van der Waals surface area contributed by atoms with E-state index in [0.29, 0.717) is 30.1 Å². The van der Waals surface area contributed by atoms with Crippen LogP contribution in [0.3, 0.4) is 0 Å². The van der Waals surface area contributed by atoms with Gasteiger partial charge in [-0.3, -0.25) is 24.1 Å². The zero-order valence-electron chi connectivity index (χ0n) is 19.6. The van der Waals surface area contributed by atoms with Crippen molar-refractivity contribution in [3.8, 4) is 5.75 Å². The fraction of sp³-hybridized carbons (Fsp3) is 0.308. The van der Waals surface area contributed by atoms with Crippen LogP contribution in [0.25, 0.3) is 6.08 Å². The number of rotatable bonds is 7. The number of hydrogen-bond acceptors (Lipinski definition) is 6. The number of likely N-dealkylation sites (tertiary alicyclic amines) is 1. The van der Waals surface area contributed by atoms with Crippen LogP contribution in [0.1, 0.15) is 31.2 Å². The first-order valence-electron chi connectivity index (χ1n) is 11.7. The van der Waals surface area contributed by atoms with E-state index in [0.717, 1.165) is 42.3 Å². The molecule has 0 spiro atoms. The maximum atomic E-state index is 13.0. The number of benzene rings is 2. The lowest BCUT2D eigenvalue weighted by atomic mass is 10.2. The van der Waals surface area contributed by atoms with E-state index in [9.17, 15) is 23.6 Å². The van der Waals surface area contributed by atoms with Crippen molar-refractivity contribution < 1.29 is 28.3 Å². The standard InChI is InChI=1S/C26H26FN3O5S/c27-19-7-9-20(10-8-19)28-23(31)17-35-21-11-5-18(6-12-21)15-22-25(33)30(26(34)36-22)16-24(32)29-13-3-1-2-4-14-29/h5-12,15H,1-4,13-14,16-17H2,(H,28,31). The number of carbonyl (C=O) groups excluding carboxylic acids is 4. The first-order valence-corrected chi connectivity index (χ1v) is 12.5. The predicted octanol–water partition coefficient (Wildman–Crippen LogP) is 4.28. The maximum absolute atomic E-state index is 13.0. The number of imide groups is 1. The lowest BCUT2D eigenvalue weighted by Crippen LogP contribution is -2.42. The smallest absolute Gasteiger partial charge is 0.294 e. The van der Waals surface area contributed by atoms with Crippen LogP contribution in [0.2, 0.25) is 0 Å². The third-order valence-corrected chi connectivity index (χ3v) is 6.71. The van der Waals surface area contributed by atoms with Gasteiger partial charge in [0.05, 0.1) is 4.91 Å². The van der Waals surface area contributed by atoms with Gasteiger partial charge in [0, 0.05) is 18.8 Å². The maximum Gasteiger partial charge on any atom is 0.294 e. The Balaban J connectivity index is 1.30. The average molecular weight is 512 g/mol. The first-order chi connectivity index (χ1) is 17.4. The molecular formula is C26H26FN3O5S. The van der Waals surface area contributed by atoms with Crippen LogP contribution in [0.5, 0.6) is 5.75 Å². The third-order valence-electron chi connectivity index (χ3n) is 5.80. The molecule has 0 atom stereocenters. The Bertz CT molecular complexity index is 1160. The molecule has 4 rings (SSSR count). The minimum absolute atomic E-state index is 0.203. The number of ether oxygens (including phenoxy) is 1. The van der Waals surface area contributed by atoms with Gasteiger partial charge in [-0.1, -0.05) is 25.0 Å². The van der Waals surface area contributed by atoms with Gasteiger partial charge >= 0.3 is 0 Å². The predicted molar refractivity (Wildman–Crippen MR) is 135 cm³/mol. The second-order valence-corrected chi connectivity index (χ2v) is 9.47. The van der Waals surface area contributed by atoms with Gasteiger partial charge in [-0.05, 0) is 72.6 Å². The van der Waals surface area contributed by atoms with Crippen molar-refractivity contribution in [2.75, 3.05) is 31.6 Å². The lowest BCUT2D eigenvalue weighted by Gasteiger charge is -2.22. The zero-order chi connectivity index (χ0) is 25.5. The van der Waals surface area contributed by atoms with Gasteiger partial charge in [-0.25, -0.2) is 4.39 Å². The number of hydrogen-bond donors (Lipinski definition) is 1. The third kappa shape index (κ3) is 6.72. The number of carbonyl (C=O) groups is 4. The summed E-state index contributed by atoms with van der Waals surface area (Å²) in [5, 5.41) is 2.15. The molecule has 0 bridgehead atoms. The van der Waals surface area contributed by atoms with Crippen LogP contribution in [0, 0.1) is 5.82 Å². The molecule has 2 aromatic carbocycles. The highest BCUT2D eigenvalue weighted by molar-refractivity contribution is 8.18. The average Bonchev–Trinajstić information content (AvgIpc) is 3.05. The van der Waals surface area contributed by atoms with Gasteiger partial charge in [0.1, 0.15) is 18.1 Å². The molecule has 0 radical (unpaired) electrons. The summed E-state index contributed by atoms with van der Waals surface area (Å²) >= 11 is 0.810. The van der Waals surface area contributed by atoms with E-state index in [1.165, 1.54) is 24.3 Å². The first kappa shape index (κ1) is 25.4. The summed E-state index contributed by atoms with van der Waals surface area (Å²) in [7, 11) is 0. The number of amides is 4. The summed E-state index contributed by atoms with van der Waals surface area (Å²) in [6.07, 6.45) is 5.63. The Kier molecular flexibility index (Phi) is 8.37. The van der Waals surface area contributed by atoms with Gasteiger partial charge in [0.25, 0.3) is 17.1 Å². The van der Waals surface area contributed by atoms with Crippen LogP contribution < -0.4 is 10.1 Å². The lowest BCUT2D eigenvalue weighted by molar-refractivity contribution is -0.135. The van der Waals surface area contributed by atoms with Gasteiger partial charge in [-0.2, -0.15) is 0 Å². The fourth-order valence-electron chi connectivity index (χ4n) is 3.88. The van der Waals surface area contributed by atoms with Crippen molar-refractivity contribution in [3.05, 3.63) is 64.8 Å². The van der Waals surface area contributed by atoms with Crippen molar-refractivity contribution in [1.82, 2.24) is 9.80 Å². The highest BCUT2D eigenvalue weighted by atomic mass is 32.2. The molecule has 8 nitrogen and oxygen atoms in total. The molecule has 2 saturated heterocycles. The summed E-state index contributed by atoms with van der Waals surface area (Å²) in [5.41, 5.74) is 1.13. The zero-order valence-corrected chi connectivity index (χ0v) is 20.4. The van der Waals surface area contributed by atoms with E-state index < -0.39 is 22.9 Å². The molecular weight excluding hydrogens is 485 g/mol. The number of halogens is 1. The van der Waals surface area contributed by atoms with E-state index in [4.69, 9.17) is 4.74 Å². The van der Waals surface area contributed by atoms with E-state index in [1.54, 1.807) is 35.2 Å². The van der Waals surface area contributed by atoms with Crippen LogP contribution in [-0.2, 0) is 14.4 Å². The highest BCUT2D eigenvalue weighted by Gasteiger charge is 2.37. The van der Waals surface area contributed by atoms with Gasteiger partial charge < -0.3 is 15.0 Å². The molecule has 0 saturated carbocycles. The SMILES string of the molecule is O=C(COc1ccc(C=C2SC(=O)N(CC(=O)N3CCCCCC3)C2=O)cc1)Nc1ccc(F)cc1. The molecule has 10 heteroatoms. The Hall–Kier alpha value is -3.66. The molecule has 2 aromatic rings. The number of anilines is 1. The summed E-state index contributed by atoms with van der Waals surface area (Å²) in [5.74, 6) is -1.03. The molecule has 188 valence electrons. The largest absolute Gasteiger partial charge is 0.484 e. The molecule has 2 aliphatic rings. The minimum Gasteiger partial charge on any atom is -0.484 e. The molecule has 1 N–H and O–H groups in total. The van der Waals surface area contributed by atoms with Crippen LogP contribution in [0.4, 0.5) is 14.9 Å². The fourth-order valence-corrected chi connectivity index (χ4v) is 4.72. The molecule has 36 heavy (non-hydrogen) atoms. The Morgan fingerprint density at radius 1 is 0.972 bits per heavy atom. The van der Waals surface area contributed by atoms with E-state index >= 15 is 0 Å². The minimum atomic E-state index is -0.481. The Morgan fingerprint density at radius 2 is 1.64 bits per heavy atom. The molecule has 0 unspecified atom stereocenters. The number of nitrogens with zero attached hydrogens (tertiary/aromatic N) is 2. The second kappa shape index (κ2) is 11.9. The summed E-state index contributed by atoms with van der Waals surface area (Å²) < 4.78 is 18.4. The summed E-state index contributed by atoms with van der Waals surface area (Å²) in [4.78, 5) is 52.8. The normalized spacial score (nSPS) is 17.3. The summed E-state index contributed by atoms with van der Waals surface area (Å²) in [6, 6.07) is 12.1. The number of thioether (sulfide) groups is 1. The quantitative estimate of drug-likeness (QED) is 0.558. The van der Waals surface area contributed by atoms with Crippen molar-refractivity contribution >= 4 is 46.5 Å². The molecule has 0 aliphatic carbocycles. The highest BCUT2D eigenvalue weighted by Crippen LogP contribution is 2.32. The van der Waals surface area contributed by atoms with Gasteiger partial charge in [0.15, 0.2) is 6.61 Å².